The number of pyridine rings is 3. The molecule has 0 bridgehead atoms. The molecule has 0 unspecified atom stereocenters. The number of hydrogen-bond acceptors (Lipinski definition) is 6. The van der Waals surface area contributed by atoms with Gasteiger partial charge in [0.2, 0.25) is 0 Å². The lowest BCUT2D eigenvalue weighted by molar-refractivity contribution is -0.0267. The first-order valence-electron chi connectivity index (χ1n) is 9.71. The lowest BCUT2D eigenvalue weighted by Gasteiger charge is -2.39. The fraction of sp³-hybridized carbons (Fsp3) is 0.227. The van der Waals surface area contributed by atoms with Crippen LogP contribution in [0.2, 0.25) is 0 Å². The summed E-state index contributed by atoms with van der Waals surface area (Å²) in [6.45, 7) is -0.758. The largest absolute Gasteiger partial charge is 0.344 e. The molecule has 0 amide bonds. The number of aromatic nitrogens is 5. The molecule has 4 aromatic rings. The van der Waals surface area contributed by atoms with Crippen LogP contribution < -0.4 is 4.90 Å². The maximum absolute atomic E-state index is 13.1. The van der Waals surface area contributed by atoms with E-state index in [4.69, 9.17) is 0 Å². The topological polar surface area (TPSA) is 76.8 Å². The second kappa shape index (κ2) is 7.19. The fourth-order valence-electron chi connectivity index (χ4n) is 3.65. The van der Waals surface area contributed by atoms with Crippen LogP contribution in [0.3, 0.4) is 0 Å². The number of hydrogen-bond donors (Lipinski definition) is 0. The minimum Gasteiger partial charge on any atom is -0.344 e. The minimum absolute atomic E-state index is 0.0888. The highest BCUT2D eigenvalue weighted by Gasteiger charge is 2.44. The van der Waals surface area contributed by atoms with Gasteiger partial charge in [0.25, 0.3) is 5.92 Å². The Hall–Kier alpha value is -3.75. The molecule has 5 rings (SSSR count). The molecule has 1 aliphatic rings. The zero-order valence-electron chi connectivity index (χ0n) is 16.7. The summed E-state index contributed by atoms with van der Waals surface area (Å²) in [6.07, 6.45) is 8.46. The average molecular weight is 420 g/mol. The van der Waals surface area contributed by atoms with E-state index < -0.39 is 5.92 Å². The molecule has 5 heterocycles. The summed E-state index contributed by atoms with van der Waals surface area (Å²) in [6, 6.07) is 6.98. The summed E-state index contributed by atoms with van der Waals surface area (Å²) in [4.78, 5) is 31.3. The van der Waals surface area contributed by atoms with Crippen LogP contribution in [-0.2, 0) is 13.5 Å². The molecular formula is C22H18F2N6O. The van der Waals surface area contributed by atoms with Gasteiger partial charge in [0.05, 0.1) is 49.4 Å². The molecule has 0 saturated carbocycles. The molecule has 156 valence electrons. The summed E-state index contributed by atoms with van der Waals surface area (Å²) < 4.78 is 28.2. The summed E-state index contributed by atoms with van der Waals surface area (Å²) >= 11 is 0. The highest BCUT2D eigenvalue weighted by molar-refractivity contribution is 5.98. The number of carbonyl (C=O) groups excluding carboxylic acids is 1. The molecular weight excluding hydrogens is 402 g/mol. The molecule has 1 aliphatic heterocycles. The number of carbonyl (C=O) groups is 1. The van der Waals surface area contributed by atoms with Gasteiger partial charge in [0.15, 0.2) is 5.78 Å². The van der Waals surface area contributed by atoms with E-state index in [2.05, 4.69) is 19.9 Å². The summed E-state index contributed by atoms with van der Waals surface area (Å²) in [7, 11) is 1.91. The lowest BCUT2D eigenvalue weighted by atomic mass is 10.0. The molecule has 0 aliphatic carbocycles. The van der Waals surface area contributed by atoms with Crippen molar-refractivity contribution in [3.8, 4) is 11.3 Å². The predicted octanol–water partition coefficient (Wildman–Crippen LogP) is 3.31. The van der Waals surface area contributed by atoms with Gasteiger partial charge in [-0.2, -0.15) is 0 Å². The molecule has 4 aromatic heterocycles. The SMILES string of the molecule is Cn1cncc1-c1cnc2cnc(CC(=O)c3ccnc(N4CC(F)(F)C4)c3)cc2c1. The number of nitrogens with zero attached hydrogens (tertiary/aromatic N) is 6. The van der Waals surface area contributed by atoms with Crippen LogP contribution in [0.4, 0.5) is 14.6 Å². The number of halogens is 2. The quantitative estimate of drug-likeness (QED) is 0.461. The van der Waals surface area contributed by atoms with Crippen molar-refractivity contribution in [2.24, 2.45) is 7.05 Å². The number of rotatable bonds is 5. The Morgan fingerprint density at radius 3 is 2.68 bits per heavy atom. The van der Waals surface area contributed by atoms with E-state index in [1.807, 2.05) is 23.7 Å². The molecule has 0 N–H and O–H groups in total. The smallest absolute Gasteiger partial charge is 0.282 e. The van der Waals surface area contributed by atoms with Gasteiger partial charge in [0, 0.05) is 41.6 Å². The average Bonchev–Trinajstić information content (AvgIpc) is 3.17. The second-order valence-electron chi connectivity index (χ2n) is 7.70. The molecule has 1 saturated heterocycles. The van der Waals surface area contributed by atoms with E-state index in [1.54, 1.807) is 37.1 Å². The van der Waals surface area contributed by atoms with Gasteiger partial charge in [-0.25, -0.2) is 18.7 Å². The Morgan fingerprint density at radius 1 is 1.10 bits per heavy atom. The molecule has 0 aromatic carbocycles. The summed E-state index contributed by atoms with van der Waals surface area (Å²) in [5.74, 6) is -2.47. The zero-order chi connectivity index (χ0) is 21.6. The normalized spacial score (nSPS) is 15.1. The Morgan fingerprint density at radius 2 is 1.94 bits per heavy atom. The number of fused-ring (bicyclic) bond motifs is 1. The number of ketones is 1. The molecule has 0 spiro atoms. The Bertz CT molecular complexity index is 1290. The maximum Gasteiger partial charge on any atom is 0.282 e. The van der Waals surface area contributed by atoms with Crippen molar-refractivity contribution in [3.05, 3.63) is 66.6 Å². The maximum atomic E-state index is 13.1. The standard InChI is InChI=1S/C22H18F2N6O/c1-29-13-25-10-19(29)16-4-15-5-17(27-9-18(15)28-8-16)7-20(31)14-2-3-26-21(6-14)30-11-22(23,24)12-30/h2-6,8-10,13H,7,11-12H2,1H3. The fourth-order valence-corrected chi connectivity index (χ4v) is 3.65. The first kappa shape index (κ1) is 19.2. The molecule has 7 nitrogen and oxygen atoms in total. The zero-order valence-corrected chi connectivity index (χ0v) is 16.7. The molecule has 9 heteroatoms. The number of aryl methyl sites for hydroxylation is 1. The van der Waals surface area contributed by atoms with E-state index in [9.17, 15) is 13.6 Å². The van der Waals surface area contributed by atoms with E-state index in [1.165, 1.54) is 11.1 Å². The van der Waals surface area contributed by atoms with Crippen molar-refractivity contribution in [2.45, 2.75) is 12.3 Å². The van der Waals surface area contributed by atoms with Gasteiger partial charge in [-0.15, -0.1) is 0 Å². The van der Waals surface area contributed by atoms with E-state index in [0.29, 0.717) is 17.1 Å². The van der Waals surface area contributed by atoms with Gasteiger partial charge < -0.3 is 9.47 Å². The van der Waals surface area contributed by atoms with Crippen molar-refractivity contribution in [3.63, 3.8) is 0 Å². The molecule has 0 radical (unpaired) electrons. The van der Waals surface area contributed by atoms with Crippen molar-refractivity contribution in [1.82, 2.24) is 24.5 Å². The van der Waals surface area contributed by atoms with Gasteiger partial charge in [-0.3, -0.25) is 14.8 Å². The van der Waals surface area contributed by atoms with Crippen LogP contribution in [0.25, 0.3) is 22.2 Å². The van der Waals surface area contributed by atoms with E-state index >= 15 is 0 Å². The van der Waals surface area contributed by atoms with E-state index in [0.717, 1.165) is 22.2 Å². The van der Waals surface area contributed by atoms with Crippen LogP contribution in [0, 0.1) is 0 Å². The molecule has 1 fully saturated rings. The third-order valence-corrected chi connectivity index (χ3v) is 5.31. The molecule has 0 atom stereocenters. The second-order valence-corrected chi connectivity index (χ2v) is 7.70. The third-order valence-electron chi connectivity index (χ3n) is 5.31. The van der Waals surface area contributed by atoms with Crippen molar-refractivity contribution in [1.29, 1.82) is 0 Å². The Labute approximate surface area is 176 Å². The molecule has 31 heavy (non-hydrogen) atoms. The highest BCUT2D eigenvalue weighted by atomic mass is 19.3. The van der Waals surface area contributed by atoms with Crippen LogP contribution in [-0.4, -0.2) is 49.3 Å². The van der Waals surface area contributed by atoms with Crippen molar-refractivity contribution < 1.29 is 13.6 Å². The van der Waals surface area contributed by atoms with Gasteiger partial charge in [-0.05, 0) is 24.3 Å². The highest BCUT2D eigenvalue weighted by Crippen LogP contribution is 2.31. The summed E-state index contributed by atoms with van der Waals surface area (Å²) in [5, 5.41) is 0.870. The van der Waals surface area contributed by atoms with Crippen molar-refractivity contribution >= 4 is 22.5 Å². The van der Waals surface area contributed by atoms with Crippen LogP contribution in [0.5, 0.6) is 0 Å². The van der Waals surface area contributed by atoms with Crippen LogP contribution >= 0.6 is 0 Å². The van der Waals surface area contributed by atoms with Crippen LogP contribution in [0.1, 0.15) is 16.1 Å². The van der Waals surface area contributed by atoms with Crippen molar-refractivity contribution in [2.75, 3.05) is 18.0 Å². The van der Waals surface area contributed by atoms with Crippen LogP contribution in [0.15, 0.2) is 55.4 Å². The third kappa shape index (κ3) is 3.74. The number of anilines is 1. The lowest BCUT2D eigenvalue weighted by Crippen LogP contribution is -2.56. The number of alkyl halides is 2. The van der Waals surface area contributed by atoms with Gasteiger partial charge in [-0.1, -0.05) is 0 Å². The Balaban J connectivity index is 1.37. The number of Topliss-reactive ketones (excluding diaryl/α,β-unsaturated/α-hetero) is 1. The van der Waals surface area contributed by atoms with E-state index in [-0.39, 0.29) is 25.3 Å². The first-order valence-corrected chi connectivity index (χ1v) is 9.71. The van der Waals surface area contributed by atoms with Gasteiger partial charge >= 0.3 is 0 Å². The summed E-state index contributed by atoms with van der Waals surface area (Å²) in [5.41, 5.74) is 3.61. The Kier molecular flexibility index (Phi) is 4.46. The predicted molar refractivity (Wildman–Crippen MR) is 111 cm³/mol. The minimum atomic E-state index is -2.70. The monoisotopic (exact) mass is 420 g/mol. The first-order chi connectivity index (χ1) is 14.9. The number of imidazole rings is 1. The van der Waals surface area contributed by atoms with Gasteiger partial charge in [0.1, 0.15) is 5.82 Å².